The lowest BCUT2D eigenvalue weighted by Crippen LogP contribution is -2.27. The van der Waals surface area contributed by atoms with Crippen molar-refractivity contribution in [3.63, 3.8) is 0 Å². The molecule has 0 fully saturated rings. The Balaban J connectivity index is 3.07. The first-order valence-electron chi connectivity index (χ1n) is 6.08. The molecule has 3 N–H and O–H groups in total. The van der Waals surface area contributed by atoms with E-state index in [2.05, 4.69) is 5.32 Å². The molecule has 0 aliphatic carbocycles. The van der Waals surface area contributed by atoms with Crippen LogP contribution in [0.3, 0.4) is 0 Å². The zero-order valence-electron chi connectivity index (χ0n) is 11.7. The SMILES string of the molecule is CC(C)OC(=O)c1cc(N)ccc1NC(C)(C)C. The molecule has 0 radical (unpaired) electrons. The third-order valence-corrected chi connectivity index (χ3v) is 2.12. The molecule has 0 amide bonds. The maximum atomic E-state index is 12.0. The molecular formula is C14H22N2O2. The van der Waals surface area contributed by atoms with Crippen LogP contribution in [-0.4, -0.2) is 17.6 Å². The maximum absolute atomic E-state index is 12.0. The first-order chi connectivity index (χ1) is 8.19. The van der Waals surface area contributed by atoms with Gasteiger partial charge in [0.1, 0.15) is 0 Å². The van der Waals surface area contributed by atoms with E-state index in [1.54, 1.807) is 18.2 Å². The zero-order valence-corrected chi connectivity index (χ0v) is 11.7. The maximum Gasteiger partial charge on any atom is 0.340 e. The summed E-state index contributed by atoms with van der Waals surface area (Å²) < 4.78 is 5.21. The highest BCUT2D eigenvalue weighted by Gasteiger charge is 2.18. The summed E-state index contributed by atoms with van der Waals surface area (Å²) in [6.07, 6.45) is -0.151. The number of esters is 1. The van der Waals surface area contributed by atoms with Crippen molar-refractivity contribution in [1.82, 2.24) is 0 Å². The smallest absolute Gasteiger partial charge is 0.340 e. The number of benzene rings is 1. The molecule has 0 unspecified atom stereocenters. The second-order valence-corrected chi connectivity index (χ2v) is 5.63. The number of carbonyl (C=O) groups excluding carboxylic acids is 1. The Bertz CT molecular complexity index is 434. The van der Waals surface area contributed by atoms with Gasteiger partial charge in [-0.1, -0.05) is 0 Å². The Hall–Kier alpha value is -1.71. The van der Waals surface area contributed by atoms with E-state index in [-0.39, 0.29) is 17.6 Å². The minimum Gasteiger partial charge on any atom is -0.459 e. The van der Waals surface area contributed by atoms with Crippen molar-refractivity contribution in [2.24, 2.45) is 0 Å². The number of hydrogen-bond donors (Lipinski definition) is 2. The Morgan fingerprint density at radius 1 is 1.33 bits per heavy atom. The normalized spacial score (nSPS) is 11.4. The minimum atomic E-state index is -0.357. The van der Waals surface area contributed by atoms with E-state index in [1.165, 1.54) is 0 Å². The summed E-state index contributed by atoms with van der Waals surface area (Å²) in [6.45, 7) is 9.73. The van der Waals surface area contributed by atoms with Gasteiger partial charge in [0.15, 0.2) is 0 Å². The van der Waals surface area contributed by atoms with Crippen LogP contribution in [0.15, 0.2) is 18.2 Å². The highest BCUT2D eigenvalue weighted by molar-refractivity contribution is 5.97. The molecule has 1 aromatic rings. The lowest BCUT2D eigenvalue weighted by atomic mass is 10.1. The van der Waals surface area contributed by atoms with Crippen LogP contribution in [0.5, 0.6) is 0 Å². The number of anilines is 2. The van der Waals surface area contributed by atoms with E-state index in [0.717, 1.165) is 5.69 Å². The van der Waals surface area contributed by atoms with E-state index in [0.29, 0.717) is 11.3 Å². The summed E-state index contributed by atoms with van der Waals surface area (Å²) in [4.78, 5) is 12.0. The predicted molar refractivity (Wildman–Crippen MR) is 74.8 cm³/mol. The van der Waals surface area contributed by atoms with E-state index < -0.39 is 0 Å². The molecule has 1 rings (SSSR count). The van der Waals surface area contributed by atoms with Crippen molar-refractivity contribution in [2.75, 3.05) is 11.1 Å². The van der Waals surface area contributed by atoms with Crippen molar-refractivity contribution in [1.29, 1.82) is 0 Å². The first-order valence-corrected chi connectivity index (χ1v) is 6.08. The van der Waals surface area contributed by atoms with Gasteiger partial charge in [0.05, 0.1) is 11.7 Å². The molecule has 0 heterocycles. The molecule has 0 saturated heterocycles. The van der Waals surface area contributed by atoms with Gasteiger partial charge in [0.2, 0.25) is 0 Å². The Labute approximate surface area is 109 Å². The van der Waals surface area contributed by atoms with Gasteiger partial charge in [-0.2, -0.15) is 0 Å². The van der Waals surface area contributed by atoms with Crippen LogP contribution in [-0.2, 0) is 4.74 Å². The molecule has 18 heavy (non-hydrogen) atoms. The monoisotopic (exact) mass is 250 g/mol. The summed E-state index contributed by atoms with van der Waals surface area (Å²) in [7, 11) is 0. The number of nitrogens with one attached hydrogen (secondary N) is 1. The van der Waals surface area contributed by atoms with Crippen LogP contribution in [0, 0.1) is 0 Å². The topological polar surface area (TPSA) is 64.3 Å². The summed E-state index contributed by atoms with van der Waals surface area (Å²) in [6, 6.07) is 5.20. The lowest BCUT2D eigenvalue weighted by molar-refractivity contribution is 0.0379. The van der Waals surface area contributed by atoms with Crippen LogP contribution in [0.1, 0.15) is 45.0 Å². The Morgan fingerprint density at radius 3 is 2.44 bits per heavy atom. The molecule has 0 bridgehead atoms. The van der Waals surface area contributed by atoms with Gasteiger partial charge in [-0.25, -0.2) is 4.79 Å². The van der Waals surface area contributed by atoms with Crippen LogP contribution in [0.2, 0.25) is 0 Å². The fourth-order valence-corrected chi connectivity index (χ4v) is 1.52. The number of carbonyl (C=O) groups is 1. The average molecular weight is 250 g/mol. The predicted octanol–water partition coefficient (Wildman–Crippen LogP) is 3.04. The van der Waals surface area contributed by atoms with E-state index in [1.807, 2.05) is 34.6 Å². The second kappa shape index (κ2) is 5.29. The largest absolute Gasteiger partial charge is 0.459 e. The number of nitrogens with two attached hydrogens (primary N) is 1. The van der Waals surface area contributed by atoms with Crippen LogP contribution in [0.25, 0.3) is 0 Å². The molecule has 0 aliphatic heterocycles. The summed E-state index contributed by atoms with van der Waals surface area (Å²) in [5, 5.41) is 3.27. The molecule has 0 atom stereocenters. The third-order valence-electron chi connectivity index (χ3n) is 2.12. The van der Waals surface area contributed by atoms with Gasteiger partial charge in [-0.15, -0.1) is 0 Å². The Kier molecular flexibility index (Phi) is 4.22. The number of rotatable bonds is 3. The van der Waals surface area contributed by atoms with Gasteiger partial charge in [-0.05, 0) is 52.8 Å². The van der Waals surface area contributed by atoms with Gasteiger partial charge < -0.3 is 15.8 Å². The van der Waals surface area contributed by atoms with Crippen molar-refractivity contribution in [3.05, 3.63) is 23.8 Å². The number of hydrogen-bond acceptors (Lipinski definition) is 4. The highest BCUT2D eigenvalue weighted by atomic mass is 16.5. The van der Waals surface area contributed by atoms with Crippen molar-refractivity contribution >= 4 is 17.3 Å². The summed E-state index contributed by atoms with van der Waals surface area (Å²) in [5.41, 5.74) is 7.34. The van der Waals surface area contributed by atoms with Crippen LogP contribution in [0.4, 0.5) is 11.4 Å². The number of nitrogen functional groups attached to an aromatic ring is 1. The quantitative estimate of drug-likeness (QED) is 0.639. The van der Waals surface area contributed by atoms with Gasteiger partial charge in [-0.3, -0.25) is 0 Å². The number of ether oxygens (including phenoxy) is 1. The average Bonchev–Trinajstić information content (AvgIpc) is 2.17. The van der Waals surface area contributed by atoms with Crippen LogP contribution < -0.4 is 11.1 Å². The molecular weight excluding hydrogens is 228 g/mol. The lowest BCUT2D eigenvalue weighted by Gasteiger charge is -2.24. The molecule has 100 valence electrons. The minimum absolute atomic E-state index is 0.136. The van der Waals surface area contributed by atoms with E-state index in [9.17, 15) is 4.79 Å². The standard InChI is InChI=1S/C14H22N2O2/c1-9(2)18-13(17)11-8-10(15)6-7-12(11)16-14(3,4)5/h6-9,16H,15H2,1-5H3. The fourth-order valence-electron chi connectivity index (χ4n) is 1.52. The zero-order chi connectivity index (χ0) is 13.9. The van der Waals surface area contributed by atoms with Crippen molar-refractivity contribution in [2.45, 2.75) is 46.3 Å². The fraction of sp³-hybridized carbons (Fsp3) is 0.500. The van der Waals surface area contributed by atoms with E-state index >= 15 is 0 Å². The molecule has 4 nitrogen and oxygen atoms in total. The summed E-state index contributed by atoms with van der Waals surface area (Å²) >= 11 is 0. The first kappa shape index (κ1) is 14.4. The van der Waals surface area contributed by atoms with Crippen molar-refractivity contribution in [3.8, 4) is 0 Å². The van der Waals surface area contributed by atoms with Gasteiger partial charge in [0.25, 0.3) is 0 Å². The molecule has 0 spiro atoms. The highest BCUT2D eigenvalue weighted by Crippen LogP contribution is 2.23. The van der Waals surface area contributed by atoms with Gasteiger partial charge >= 0.3 is 5.97 Å². The molecule has 4 heteroatoms. The molecule has 1 aromatic carbocycles. The molecule has 0 saturated carbocycles. The summed E-state index contributed by atoms with van der Waals surface area (Å²) in [5.74, 6) is -0.357. The van der Waals surface area contributed by atoms with Crippen LogP contribution >= 0.6 is 0 Å². The Morgan fingerprint density at radius 2 is 1.94 bits per heavy atom. The molecule has 0 aliphatic rings. The van der Waals surface area contributed by atoms with Gasteiger partial charge in [0, 0.05) is 16.9 Å². The third kappa shape index (κ3) is 4.28. The second-order valence-electron chi connectivity index (χ2n) is 5.63. The van der Waals surface area contributed by atoms with Crippen molar-refractivity contribution < 1.29 is 9.53 Å². The van der Waals surface area contributed by atoms with E-state index in [4.69, 9.17) is 10.5 Å². The molecule has 0 aromatic heterocycles.